The average molecular weight is 359 g/mol. The van der Waals surface area contributed by atoms with E-state index in [0.717, 1.165) is 37.1 Å². The average Bonchev–Trinajstić information content (AvgIpc) is 2.94. The van der Waals surface area contributed by atoms with Crippen molar-refractivity contribution in [2.24, 2.45) is 0 Å². The number of aromatic nitrogens is 1. The van der Waals surface area contributed by atoms with E-state index in [1.807, 2.05) is 0 Å². The number of carbonyl (C=O) groups excluding carboxylic acids is 2. The molecule has 1 aliphatic heterocycles. The number of rotatable bonds is 6. The first-order chi connectivity index (χ1) is 12.2. The number of thiazole rings is 1. The fraction of sp³-hybridized carbons (Fsp3) is 0.389. The summed E-state index contributed by atoms with van der Waals surface area (Å²) in [4.78, 5) is 29.3. The third-order valence-electron chi connectivity index (χ3n) is 3.88. The van der Waals surface area contributed by atoms with Crippen LogP contribution in [0.25, 0.3) is 0 Å². The third kappa shape index (κ3) is 4.36. The molecule has 7 heteroatoms. The van der Waals surface area contributed by atoms with Crippen LogP contribution in [0.5, 0.6) is 5.75 Å². The fourth-order valence-corrected chi connectivity index (χ4v) is 3.42. The quantitative estimate of drug-likeness (QED) is 0.776. The number of ether oxygens (including phenoxy) is 1. The minimum absolute atomic E-state index is 0.112. The molecule has 25 heavy (non-hydrogen) atoms. The number of hydrogen-bond acceptors (Lipinski definition) is 5. The van der Waals surface area contributed by atoms with Crippen LogP contribution in [0, 0.1) is 0 Å². The maximum atomic E-state index is 12.4. The van der Waals surface area contributed by atoms with Gasteiger partial charge in [-0.1, -0.05) is 24.7 Å². The molecular weight excluding hydrogens is 338 g/mol. The van der Waals surface area contributed by atoms with Crippen molar-refractivity contribution < 1.29 is 14.3 Å². The van der Waals surface area contributed by atoms with Crippen LogP contribution < -0.4 is 15.4 Å². The number of fused-ring (bicyclic) bond motifs is 1. The summed E-state index contributed by atoms with van der Waals surface area (Å²) < 4.78 is 5.59. The molecule has 0 aliphatic carbocycles. The van der Waals surface area contributed by atoms with E-state index in [1.54, 1.807) is 24.3 Å². The predicted molar refractivity (Wildman–Crippen MR) is 97.6 cm³/mol. The first-order valence-electron chi connectivity index (χ1n) is 8.49. The van der Waals surface area contributed by atoms with Crippen molar-refractivity contribution in [3.05, 3.63) is 40.4 Å². The molecule has 6 nitrogen and oxygen atoms in total. The first-order valence-corrected chi connectivity index (χ1v) is 9.31. The van der Waals surface area contributed by atoms with E-state index >= 15 is 0 Å². The number of benzene rings is 1. The van der Waals surface area contributed by atoms with Gasteiger partial charge in [-0.2, -0.15) is 0 Å². The Bertz CT molecular complexity index is 755. The Morgan fingerprint density at radius 2 is 2.16 bits per heavy atom. The van der Waals surface area contributed by atoms with Crippen LogP contribution in [-0.2, 0) is 6.42 Å². The van der Waals surface area contributed by atoms with Gasteiger partial charge in [-0.05, 0) is 43.5 Å². The molecule has 132 valence electrons. The lowest BCUT2D eigenvalue weighted by atomic mass is 10.2. The highest BCUT2D eigenvalue weighted by molar-refractivity contribution is 7.17. The molecule has 0 spiro atoms. The minimum Gasteiger partial charge on any atom is -0.494 e. The SMILES string of the molecule is CCCCOc1ccc(C(=O)Nc2nc3c(s2)C(=O)NCCC3)cc1. The summed E-state index contributed by atoms with van der Waals surface area (Å²) >= 11 is 1.22. The van der Waals surface area contributed by atoms with E-state index in [9.17, 15) is 9.59 Å². The maximum absolute atomic E-state index is 12.4. The Balaban J connectivity index is 1.64. The number of nitrogens with one attached hydrogen (secondary N) is 2. The molecule has 2 amide bonds. The van der Waals surface area contributed by atoms with Crippen LogP contribution in [-0.4, -0.2) is 29.9 Å². The molecule has 2 N–H and O–H groups in total. The largest absolute Gasteiger partial charge is 0.494 e. The second-order valence-electron chi connectivity index (χ2n) is 5.83. The molecule has 2 aromatic rings. The monoisotopic (exact) mass is 359 g/mol. The summed E-state index contributed by atoms with van der Waals surface area (Å²) in [5, 5.41) is 6.06. The van der Waals surface area contributed by atoms with E-state index in [-0.39, 0.29) is 11.8 Å². The van der Waals surface area contributed by atoms with Crippen LogP contribution >= 0.6 is 11.3 Å². The molecule has 0 saturated heterocycles. The zero-order valence-corrected chi connectivity index (χ0v) is 14.9. The van der Waals surface area contributed by atoms with E-state index in [4.69, 9.17) is 4.74 Å². The minimum atomic E-state index is -0.246. The summed E-state index contributed by atoms with van der Waals surface area (Å²) in [7, 11) is 0. The Hall–Kier alpha value is -2.41. The van der Waals surface area contributed by atoms with Gasteiger partial charge in [-0.3, -0.25) is 14.9 Å². The van der Waals surface area contributed by atoms with Gasteiger partial charge in [0.05, 0.1) is 12.3 Å². The number of anilines is 1. The van der Waals surface area contributed by atoms with Crippen LogP contribution in [0.2, 0.25) is 0 Å². The van der Waals surface area contributed by atoms with Crippen LogP contribution in [0.4, 0.5) is 5.13 Å². The molecule has 0 atom stereocenters. The normalized spacial score (nSPS) is 13.6. The Morgan fingerprint density at radius 3 is 2.92 bits per heavy atom. The topological polar surface area (TPSA) is 80.3 Å². The summed E-state index contributed by atoms with van der Waals surface area (Å²) in [6.07, 6.45) is 3.68. The highest BCUT2D eigenvalue weighted by Crippen LogP contribution is 2.26. The lowest BCUT2D eigenvalue weighted by molar-refractivity contribution is 0.0958. The van der Waals surface area contributed by atoms with E-state index in [0.29, 0.717) is 28.7 Å². The van der Waals surface area contributed by atoms with Crippen molar-refractivity contribution in [2.75, 3.05) is 18.5 Å². The van der Waals surface area contributed by atoms with E-state index < -0.39 is 0 Å². The van der Waals surface area contributed by atoms with Crippen LogP contribution in [0.3, 0.4) is 0 Å². The number of nitrogens with zero attached hydrogens (tertiary/aromatic N) is 1. The van der Waals surface area contributed by atoms with Crippen LogP contribution in [0.1, 0.15) is 51.9 Å². The molecular formula is C18H21N3O3S. The number of aryl methyl sites for hydroxylation is 1. The standard InChI is InChI=1S/C18H21N3O3S/c1-2-3-11-24-13-8-6-12(7-9-13)16(22)21-18-20-14-5-4-10-19-17(23)15(14)25-18/h6-9H,2-5,10-11H2,1H3,(H,19,23)(H,20,21,22). The van der Waals surface area contributed by atoms with Gasteiger partial charge in [0.2, 0.25) is 0 Å². The molecule has 3 rings (SSSR count). The predicted octanol–water partition coefficient (Wildman–Crippen LogP) is 3.25. The molecule has 0 radical (unpaired) electrons. The zero-order valence-electron chi connectivity index (χ0n) is 14.1. The van der Waals surface area contributed by atoms with Gasteiger partial charge in [-0.25, -0.2) is 4.98 Å². The number of unbranched alkanes of at least 4 members (excludes halogenated alkanes) is 1. The van der Waals surface area contributed by atoms with E-state index in [2.05, 4.69) is 22.5 Å². The molecule has 2 heterocycles. The van der Waals surface area contributed by atoms with Crippen LogP contribution in [0.15, 0.2) is 24.3 Å². The summed E-state index contributed by atoms with van der Waals surface area (Å²) in [6, 6.07) is 7.02. The smallest absolute Gasteiger partial charge is 0.263 e. The Morgan fingerprint density at radius 1 is 1.36 bits per heavy atom. The fourth-order valence-electron chi connectivity index (χ4n) is 2.50. The Kier molecular flexibility index (Phi) is 5.65. The number of carbonyl (C=O) groups is 2. The highest BCUT2D eigenvalue weighted by Gasteiger charge is 2.21. The van der Waals surface area contributed by atoms with Crippen molar-refractivity contribution >= 4 is 28.3 Å². The second kappa shape index (κ2) is 8.11. The van der Waals surface area contributed by atoms with Gasteiger partial charge >= 0.3 is 0 Å². The van der Waals surface area contributed by atoms with Gasteiger partial charge < -0.3 is 10.1 Å². The van der Waals surface area contributed by atoms with Crippen molar-refractivity contribution in [1.82, 2.24) is 10.3 Å². The Labute approximate surface area is 150 Å². The van der Waals surface area contributed by atoms with Gasteiger partial charge in [0.15, 0.2) is 5.13 Å². The summed E-state index contributed by atoms with van der Waals surface area (Å²) in [5.74, 6) is 0.395. The highest BCUT2D eigenvalue weighted by atomic mass is 32.1. The first kappa shape index (κ1) is 17.4. The number of hydrogen-bond donors (Lipinski definition) is 2. The lowest BCUT2D eigenvalue weighted by Gasteiger charge is -2.06. The van der Waals surface area contributed by atoms with Gasteiger partial charge in [0, 0.05) is 12.1 Å². The molecule has 1 aromatic heterocycles. The lowest BCUT2D eigenvalue weighted by Crippen LogP contribution is -2.21. The van der Waals surface area contributed by atoms with Crippen molar-refractivity contribution in [2.45, 2.75) is 32.6 Å². The van der Waals surface area contributed by atoms with Gasteiger partial charge in [0.1, 0.15) is 10.6 Å². The van der Waals surface area contributed by atoms with E-state index in [1.165, 1.54) is 11.3 Å². The van der Waals surface area contributed by atoms with Crippen molar-refractivity contribution in [1.29, 1.82) is 0 Å². The zero-order chi connectivity index (χ0) is 17.6. The summed E-state index contributed by atoms with van der Waals surface area (Å²) in [6.45, 7) is 3.45. The van der Waals surface area contributed by atoms with Gasteiger partial charge in [-0.15, -0.1) is 0 Å². The molecule has 0 bridgehead atoms. The third-order valence-corrected chi connectivity index (χ3v) is 4.89. The maximum Gasteiger partial charge on any atom is 0.263 e. The molecule has 0 saturated carbocycles. The molecule has 0 fully saturated rings. The molecule has 1 aromatic carbocycles. The van der Waals surface area contributed by atoms with Crippen molar-refractivity contribution in [3.8, 4) is 5.75 Å². The number of amides is 2. The molecule has 0 unspecified atom stereocenters. The second-order valence-corrected chi connectivity index (χ2v) is 6.83. The summed E-state index contributed by atoms with van der Waals surface area (Å²) in [5.41, 5.74) is 1.28. The van der Waals surface area contributed by atoms with Gasteiger partial charge in [0.25, 0.3) is 11.8 Å². The molecule has 1 aliphatic rings. The van der Waals surface area contributed by atoms with Crippen molar-refractivity contribution in [3.63, 3.8) is 0 Å².